The molecule has 0 aliphatic heterocycles. The Kier molecular flexibility index (Phi) is 7.36. The van der Waals surface area contributed by atoms with Gasteiger partial charge in [-0.1, -0.05) is 63.1 Å². The quantitative estimate of drug-likeness (QED) is 0.177. The summed E-state index contributed by atoms with van der Waals surface area (Å²) in [7, 11) is 1.68. The normalized spacial score (nSPS) is 36.7. The molecular formula is C41H54N2P2Si. The third-order valence-corrected chi connectivity index (χ3v) is 21.2. The average molecular weight is 665 g/mol. The Morgan fingerprint density at radius 2 is 1.13 bits per heavy atom. The Balaban J connectivity index is 1.23. The maximum Gasteiger partial charge on any atom is 0.0776 e. The maximum absolute atomic E-state index is 4.70. The zero-order valence-corrected chi connectivity index (χ0v) is 31.5. The van der Waals surface area contributed by atoms with Gasteiger partial charge in [0.25, 0.3) is 0 Å². The molecule has 0 spiro atoms. The van der Waals surface area contributed by atoms with Crippen LogP contribution in [-0.4, -0.2) is 28.4 Å². The highest BCUT2D eigenvalue weighted by atomic mass is 31.1. The van der Waals surface area contributed by atoms with Crippen molar-refractivity contribution in [2.24, 2.45) is 35.5 Å². The van der Waals surface area contributed by atoms with E-state index >= 15 is 0 Å². The molecule has 8 bridgehead atoms. The van der Waals surface area contributed by atoms with E-state index in [0.29, 0.717) is 10.3 Å². The topological polar surface area (TPSA) is 25.8 Å². The Labute approximate surface area is 282 Å². The summed E-state index contributed by atoms with van der Waals surface area (Å²) in [4.78, 5) is 9.39. The predicted octanol–water partition coefficient (Wildman–Crippen LogP) is 10.1. The summed E-state index contributed by atoms with van der Waals surface area (Å²) in [6.45, 7) is 7.55. The molecular weight excluding hydrogens is 610 g/mol. The van der Waals surface area contributed by atoms with Crippen molar-refractivity contribution in [3.05, 3.63) is 89.5 Å². The summed E-state index contributed by atoms with van der Waals surface area (Å²) in [5.74, 6) is 6.11. The Morgan fingerprint density at radius 3 is 1.50 bits per heavy atom. The van der Waals surface area contributed by atoms with E-state index < -0.39 is 8.07 Å². The minimum Gasteiger partial charge on any atom is -0.264 e. The van der Waals surface area contributed by atoms with E-state index in [1.54, 1.807) is 87.8 Å². The van der Waals surface area contributed by atoms with Crippen molar-refractivity contribution in [1.29, 1.82) is 0 Å². The van der Waals surface area contributed by atoms with Crippen molar-refractivity contribution in [2.45, 2.75) is 118 Å². The lowest BCUT2D eigenvalue weighted by Gasteiger charge is -2.67. The standard InChI is InChI=1S/C41H54N2P2Si/c1-46(2,3)37-9-8-34(38(18-37)41(44,35-6-4-10-42-25-35)36-7-5-11-43-26-36)27-45(39-19-28-12-29(20-39)14-30(13-28)21-39)40-22-31-15-32(23-40)17-33(16-31)24-40/h4-11,18,25-26,28-33H,12-17,19-24,27,44H2,1-3H3. The van der Waals surface area contributed by atoms with Crippen LogP contribution in [0, 0.1) is 35.5 Å². The monoisotopic (exact) mass is 664 g/mol. The lowest BCUT2D eigenvalue weighted by atomic mass is 9.55. The number of nitrogens with zero attached hydrogens (tertiary/aromatic N) is 2. The van der Waals surface area contributed by atoms with Crippen molar-refractivity contribution >= 4 is 30.4 Å². The molecule has 0 radical (unpaired) electrons. The number of hydrogen-bond donors (Lipinski definition) is 0. The van der Waals surface area contributed by atoms with Crippen LogP contribution in [0.15, 0.2) is 67.3 Å². The van der Waals surface area contributed by atoms with Crippen LogP contribution in [0.25, 0.3) is 0 Å². The van der Waals surface area contributed by atoms with Crippen LogP contribution in [-0.2, 0) is 11.3 Å². The number of pyridine rings is 2. The minimum absolute atomic E-state index is 0.153. The largest absolute Gasteiger partial charge is 0.264 e. The molecule has 46 heavy (non-hydrogen) atoms. The van der Waals surface area contributed by atoms with Crippen molar-refractivity contribution < 1.29 is 0 Å². The summed E-state index contributed by atoms with van der Waals surface area (Å²) in [5, 5.41) is 2.44. The van der Waals surface area contributed by atoms with Gasteiger partial charge in [0.15, 0.2) is 0 Å². The second-order valence-electron chi connectivity index (χ2n) is 18.3. The van der Waals surface area contributed by atoms with Crippen LogP contribution >= 0.6 is 17.2 Å². The van der Waals surface area contributed by atoms with Gasteiger partial charge in [-0.05, 0) is 163 Å². The molecule has 2 nitrogen and oxygen atoms in total. The van der Waals surface area contributed by atoms with Crippen molar-refractivity contribution in [2.75, 3.05) is 0 Å². The molecule has 1 unspecified atom stereocenters. The molecule has 0 N–H and O–H groups in total. The zero-order chi connectivity index (χ0) is 31.3. The molecule has 5 heteroatoms. The van der Waals surface area contributed by atoms with E-state index in [2.05, 4.69) is 83.7 Å². The summed E-state index contributed by atoms with van der Waals surface area (Å²) >= 11 is 0. The Hall–Kier alpha value is -1.40. The van der Waals surface area contributed by atoms with Gasteiger partial charge >= 0.3 is 0 Å². The molecule has 11 rings (SSSR count). The van der Waals surface area contributed by atoms with Gasteiger partial charge in [0.1, 0.15) is 0 Å². The fourth-order valence-electron chi connectivity index (χ4n) is 13.0. The first-order valence-electron chi connectivity index (χ1n) is 18.6. The zero-order valence-electron chi connectivity index (χ0n) is 28.4. The van der Waals surface area contributed by atoms with Crippen molar-refractivity contribution in [3.63, 3.8) is 0 Å². The Bertz CT molecular complexity index is 1440. The lowest BCUT2D eigenvalue weighted by molar-refractivity contribution is 0.0184. The van der Waals surface area contributed by atoms with Gasteiger partial charge in [0.05, 0.1) is 13.2 Å². The van der Waals surface area contributed by atoms with Gasteiger partial charge in [0.2, 0.25) is 0 Å². The minimum atomic E-state index is -1.56. The number of aromatic nitrogens is 2. The highest BCUT2D eigenvalue weighted by Gasteiger charge is 2.62. The van der Waals surface area contributed by atoms with Gasteiger partial charge in [-0.3, -0.25) is 9.97 Å². The third-order valence-electron chi connectivity index (χ3n) is 14.1. The molecule has 8 saturated carbocycles. The van der Waals surface area contributed by atoms with Gasteiger partial charge in [-0.25, -0.2) is 0 Å². The first-order chi connectivity index (χ1) is 22.1. The average Bonchev–Trinajstić information content (AvgIpc) is 3.02. The maximum atomic E-state index is 4.70. The summed E-state index contributed by atoms with van der Waals surface area (Å²) in [6.07, 6.45) is 28.1. The Morgan fingerprint density at radius 1 is 0.696 bits per heavy atom. The molecule has 0 saturated heterocycles. The van der Waals surface area contributed by atoms with Gasteiger partial charge in [-0.15, -0.1) is 9.24 Å². The van der Waals surface area contributed by atoms with Crippen LogP contribution in [0.1, 0.15) is 99.3 Å². The van der Waals surface area contributed by atoms with Crippen molar-refractivity contribution in [1.82, 2.24) is 9.97 Å². The highest BCUT2D eigenvalue weighted by molar-refractivity contribution is 7.60. The second kappa shape index (κ2) is 11.1. The molecule has 2 heterocycles. The van der Waals surface area contributed by atoms with Crippen LogP contribution in [0.4, 0.5) is 0 Å². The molecule has 2 aromatic heterocycles. The van der Waals surface area contributed by atoms with E-state index in [1.165, 1.54) is 22.9 Å². The van der Waals surface area contributed by atoms with Gasteiger partial charge in [0, 0.05) is 24.8 Å². The van der Waals surface area contributed by atoms with E-state index in [9.17, 15) is 0 Å². The second-order valence-corrected chi connectivity index (χ2v) is 27.3. The summed E-state index contributed by atoms with van der Waals surface area (Å²) in [6, 6.07) is 16.7. The number of hydrogen-bond acceptors (Lipinski definition) is 2. The highest BCUT2D eigenvalue weighted by Crippen LogP contribution is 2.79. The first kappa shape index (κ1) is 30.6. The van der Waals surface area contributed by atoms with Gasteiger partial charge in [-0.2, -0.15) is 0 Å². The van der Waals surface area contributed by atoms with Crippen LogP contribution in [0.3, 0.4) is 0 Å². The van der Waals surface area contributed by atoms with Crippen molar-refractivity contribution in [3.8, 4) is 0 Å². The summed E-state index contributed by atoms with van der Waals surface area (Å²) < 4.78 is 0. The smallest absolute Gasteiger partial charge is 0.0776 e. The summed E-state index contributed by atoms with van der Waals surface area (Å²) in [5.41, 5.74) is 5.68. The lowest BCUT2D eigenvalue weighted by Crippen LogP contribution is -2.56. The predicted molar refractivity (Wildman–Crippen MR) is 200 cm³/mol. The van der Waals surface area contributed by atoms with Crippen LogP contribution in [0.5, 0.6) is 0 Å². The molecule has 0 amide bonds. The van der Waals surface area contributed by atoms with Gasteiger partial charge < -0.3 is 0 Å². The molecule has 1 aromatic carbocycles. The molecule has 8 fully saturated rings. The van der Waals surface area contributed by atoms with E-state index in [1.807, 2.05) is 12.4 Å². The SMILES string of the molecule is C[Si](C)(C)c1ccc(CP(C23CC4CC(CC(C4)C2)C3)C23CC4CC(CC(C4)C2)C3)c(C(P)(c2cccnc2)c2cccnc2)c1. The first-order valence-corrected chi connectivity index (χ1v) is 24.2. The molecule has 8 aliphatic rings. The fraction of sp³-hybridized carbons (Fsp3) is 0.610. The number of rotatable bonds is 8. The molecule has 8 aliphatic carbocycles. The molecule has 3 aromatic rings. The van der Waals surface area contributed by atoms with E-state index in [4.69, 9.17) is 9.97 Å². The third kappa shape index (κ3) is 4.98. The molecule has 1 atom stereocenters. The van der Waals surface area contributed by atoms with Crippen LogP contribution < -0.4 is 5.19 Å². The van der Waals surface area contributed by atoms with Crippen LogP contribution in [0.2, 0.25) is 19.6 Å². The molecule has 242 valence electrons. The fourth-order valence-corrected chi connectivity index (χ4v) is 20.0. The van der Waals surface area contributed by atoms with E-state index in [-0.39, 0.29) is 13.1 Å². The number of benzene rings is 1. The van der Waals surface area contributed by atoms with E-state index in [0.717, 1.165) is 35.5 Å².